The summed E-state index contributed by atoms with van der Waals surface area (Å²) in [5.74, 6) is 0.911. The van der Waals surface area contributed by atoms with E-state index in [1.807, 2.05) is 0 Å². The van der Waals surface area contributed by atoms with E-state index in [2.05, 4.69) is 42.6 Å². The highest BCUT2D eigenvalue weighted by Crippen LogP contribution is 2.10. The maximum Gasteiger partial charge on any atom is 0.239 e. The molecule has 7 heteroatoms. The van der Waals surface area contributed by atoms with E-state index in [-0.39, 0.29) is 5.95 Å². The van der Waals surface area contributed by atoms with Gasteiger partial charge >= 0.3 is 0 Å². The summed E-state index contributed by atoms with van der Waals surface area (Å²) in [5.41, 5.74) is 5.38. The molecule has 2 heterocycles. The lowest BCUT2D eigenvalue weighted by Crippen LogP contribution is -2.02. The number of halogens is 1. The van der Waals surface area contributed by atoms with Crippen molar-refractivity contribution < 1.29 is 0 Å². The summed E-state index contributed by atoms with van der Waals surface area (Å²) in [5, 5.41) is 3.93. The average Bonchev–Trinajstić information content (AvgIpc) is 2.53. The second-order valence-corrected chi connectivity index (χ2v) is 3.40. The SMILES string of the molecule is Nc1ncn(-c2ncncc2I)n1. The molecular formula is C6H5IN6. The van der Waals surface area contributed by atoms with Crippen LogP contribution < -0.4 is 5.73 Å². The van der Waals surface area contributed by atoms with E-state index in [9.17, 15) is 0 Å². The molecule has 0 unspecified atom stereocenters. The Kier molecular flexibility index (Phi) is 2.08. The van der Waals surface area contributed by atoms with Gasteiger partial charge in [0.2, 0.25) is 5.95 Å². The van der Waals surface area contributed by atoms with Gasteiger partial charge in [-0.1, -0.05) is 0 Å². The molecule has 2 rings (SSSR count). The number of rotatable bonds is 1. The lowest BCUT2D eigenvalue weighted by molar-refractivity contribution is 0.834. The van der Waals surface area contributed by atoms with Crippen molar-refractivity contribution in [3.63, 3.8) is 0 Å². The van der Waals surface area contributed by atoms with Gasteiger partial charge in [0.05, 0.1) is 3.57 Å². The van der Waals surface area contributed by atoms with E-state index in [0.717, 1.165) is 3.57 Å². The summed E-state index contributed by atoms with van der Waals surface area (Å²) in [6.07, 6.45) is 4.66. The third-order valence-electron chi connectivity index (χ3n) is 1.37. The zero-order valence-electron chi connectivity index (χ0n) is 6.42. The Morgan fingerprint density at radius 1 is 1.38 bits per heavy atom. The lowest BCUT2D eigenvalue weighted by Gasteiger charge is -1.99. The molecule has 0 saturated carbocycles. The van der Waals surface area contributed by atoms with Crippen molar-refractivity contribution in [2.24, 2.45) is 0 Å². The van der Waals surface area contributed by atoms with E-state index in [1.165, 1.54) is 17.3 Å². The zero-order chi connectivity index (χ0) is 9.26. The second-order valence-electron chi connectivity index (χ2n) is 2.24. The smallest absolute Gasteiger partial charge is 0.239 e. The van der Waals surface area contributed by atoms with E-state index in [4.69, 9.17) is 5.73 Å². The number of hydrogen-bond acceptors (Lipinski definition) is 5. The van der Waals surface area contributed by atoms with Crippen LogP contribution >= 0.6 is 22.6 Å². The first-order valence-corrected chi connectivity index (χ1v) is 4.48. The average molecular weight is 288 g/mol. The molecule has 6 nitrogen and oxygen atoms in total. The van der Waals surface area contributed by atoms with E-state index in [0.29, 0.717) is 5.82 Å². The molecule has 0 spiro atoms. The van der Waals surface area contributed by atoms with E-state index >= 15 is 0 Å². The van der Waals surface area contributed by atoms with E-state index < -0.39 is 0 Å². The molecule has 0 aromatic carbocycles. The summed E-state index contributed by atoms with van der Waals surface area (Å²) in [6.45, 7) is 0. The Bertz CT molecular complexity index is 425. The van der Waals surface area contributed by atoms with Crippen molar-refractivity contribution in [3.8, 4) is 5.82 Å². The van der Waals surface area contributed by atoms with Crippen LogP contribution in [0.25, 0.3) is 5.82 Å². The number of aromatic nitrogens is 5. The lowest BCUT2D eigenvalue weighted by atomic mass is 10.6. The van der Waals surface area contributed by atoms with Crippen molar-refractivity contribution in [1.29, 1.82) is 0 Å². The molecule has 0 radical (unpaired) electrons. The Balaban J connectivity index is 2.52. The van der Waals surface area contributed by atoms with E-state index in [1.54, 1.807) is 6.20 Å². The second kappa shape index (κ2) is 3.24. The van der Waals surface area contributed by atoms with Crippen LogP contribution in [0.5, 0.6) is 0 Å². The quantitative estimate of drug-likeness (QED) is 0.760. The van der Waals surface area contributed by atoms with Crippen molar-refractivity contribution in [1.82, 2.24) is 24.7 Å². The fourth-order valence-corrected chi connectivity index (χ4v) is 1.40. The largest absolute Gasteiger partial charge is 0.366 e. The highest BCUT2D eigenvalue weighted by Gasteiger charge is 2.04. The Labute approximate surface area is 87.4 Å². The highest BCUT2D eigenvalue weighted by atomic mass is 127. The van der Waals surface area contributed by atoms with Gasteiger partial charge in [0.25, 0.3) is 0 Å². The van der Waals surface area contributed by atoms with Gasteiger partial charge in [0.15, 0.2) is 5.82 Å². The molecule has 0 aliphatic carbocycles. The normalized spacial score (nSPS) is 10.2. The number of nitrogens with zero attached hydrogens (tertiary/aromatic N) is 5. The Morgan fingerprint density at radius 2 is 2.23 bits per heavy atom. The molecule has 2 N–H and O–H groups in total. The maximum absolute atomic E-state index is 5.38. The van der Waals surface area contributed by atoms with Gasteiger partial charge in [-0.05, 0) is 22.6 Å². The van der Waals surface area contributed by atoms with Gasteiger partial charge < -0.3 is 5.73 Å². The molecule has 2 aromatic heterocycles. The van der Waals surface area contributed by atoms with Crippen LogP contribution in [-0.4, -0.2) is 24.7 Å². The zero-order valence-corrected chi connectivity index (χ0v) is 8.58. The molecule has 0 saturated heterocycles. The fraction of sp³-hybridized carbons (Fsp3) is 0. The molecule has 0 fully saturated rings. The van der Waals surface area contributed by atoms with Crippen LogP contribution in [0.4, 0.5) is 5.95 Å². The van der Waals surface area contributed by atoms with Crippen LogP contribution in [0, 0.1) is 3.57 Å². The summed E-state index contributed by atoms with van der Waals surface area (Å²) in [7, 11) is 0. The predicted molar refractivity (Wildman–Crippen MR) is 54.1 cm³/mol. The van der Waals surface area contributed by atoms with Crippen molar-refractivity contribution >= 4 is 28.5 Å². The molecule has 2 aromatic rings. The van der Waals surface area contributed by atoms with Crippen LogP contribution in [0.1, 0.15) is 0 Å². The van der Waals surface area contributed by atoms with Gasteiger partial charge in [-0.3, -0.25) is 0 Å². The van der Waals surface area contributed by atoms with Crippen molar-refractivity contribution in [3.05, 3.63) is 22.4 Å². The van der Waals surface area contributed by atoms with Crippen LogP contribution in [0.2, 0.25) is 0 Å². The van der Waals surface area contributed by atoms with Gasteiger partial charge in [0, 0.05) is 6.20 Å². The third kappa shape index (κ3) is 1.59. The Hall–Kier alpha value is -1.25. The molecule has 0 atom stereocenters. The first kappa shape index (κ1) is 8.35. The van der Waals surface area contributed by atoms with Crippen molar-refractivity contribution in [2.75, 3.05) is 5.73 Å². The third-order valence-corrected chi connectivity index (χ3v) is 2.14. The number of anilines is 1. The number of nitrogen functional groups attached to an aromatic ring is 1. The molecule has 0 aliphatic rings. The van der Waals surface area contributed by atoms with Crippen LogP contribution in [-0.2, 0) is 0 Å². The van der Waals surface area contributed by atoms with Crippen LogP contribution in [0.3, 0.4) is 0 Å². The minimum absolute atomic E-state index is 0.231. The van der Waals surface area contributed by atoms with Gasteiger partial charge in [-0.25, -0.2) is 15.0 Å². The minimum Gasteiger partial charge on any atom is -0.366 e. The highest BCUT2D eigenvalue weighted by molar-refractivity contribution is 14.1. The Morgan fingerprint density at radius 3 is 2.85 bits per heavy atom. The number of hydrogen-bond donors (Lipinski definition) is 1. The van der Waals surface area contributed by atoms with Crippen LogP contribution in [0.15, 0.2) is 18.9 Å². The summed E-state index contributed by atoms with van der Waals surface area (Å²) in [4.78, 5) is 11.7. The summed E-state index contributed by atoms with van der Waals surface area (Å²) in [6, 6.07) is 0. The summed E-state index contributed by atoms with van der Waals surface area (Å²) >= 11 is 2.12. The summed E-state index contributed by atoms with van der Waals surface area (Å²) < 4.78 is 2.41. The molecule has 0 bridgehead atoms. The molecule has 66 valence electrons. The molecule has 0 amide bonds. The first-order chi connectivity index (χ1) is 6.27. The van der Waals surface area contributed by atoms with Gasteiger partial charge in [-0.2, -0.15) is 4.68 Å². The van der Waals surface area contributed by atoms with Gasteiger partial charge in [-0.15, -0.1) is 5.10 Å². The maximum atomic E-state index is 5.38. The predicted octanol–water partition coefficient (Wildman–Crippen LogP) is 0.244. The minimum atomic E-state index is 0.231. The molecule has 13 heavy (non-hydrogen) atoms. The number of nitrogens with two attached hydrogens (primary N) is 1. The standard InChI is InChI=1S/C6H5IN6/c7-4-1-9-2-10-5(4)13-3-11-6(8)12-13/h1-3H,(H2,8,12). The first-order valence-electron chi connectivity index (χ1n) is 3.40. The fourth-order valence-electron chi connectivity index (χ4n) is 0.853. The monoisotopic (exact) mass is 288 g/mol. The molecular weight excluding hydrogens is 283 g/mol. The van der Waals surface area contributed by atoms with Gasteiger partial charge in [0.1, 0.15) is 12.7 Å². The van der Waals surface area contributed by atoms with Crippen molar-refractivity contribution in [2.45, 2.75) is 0 Å². The topological polar surface area (TPSA) is 82.5 Å². The molecule has 0 aliphatic heterocycles.